The summed E-state index contributed by atoms with van der Waals surface area (Å²) in [7, 11) is 0. The van der Waals surface area contributed by atoms with Crippen LogP contribution in [0.3, 0.4) is 0 Å². The van der Waals surface area contributed by atoms with Gasteiger partial charge in [0.2, 0.25) is 0 Å². The normalized spacial score (nSPS) is 17.5. The lowest BCUT2D eigenvalue weighted by Gasteiger charge is -2.41. The molecule has 1 aliphatic carbocycles. The molecule has 0 aromatic carbocycles. The van der Waals surface area contributed by atoms with E-state index < -0.39 is 0 Å². The fraction of sp³-hybridized carbons (Fsp3) is 0.667. The SMILES string of the molecule is CCCc1nc(N)cc(NC2(CO)CCC2)n1. The van der Waals surface area contributed by atoms with Gasteiger partial charge in [-0.05, 0) is 25.7 Å². The van der Waals surface area contributed by atoms with Crippen molar-refractivity contribution < 1.29 is 5.11 Å². The Balaban J connectivity index is 2.14. The first-order chi connectivity index (χ1) is 8.17. The number of nitrogens with zero attached hydrogens (tertiary/aromatic N) is 2. The zero-order valence-corrected chi connectivity index (χ0v) is 10.2. The van der Waals surface area contributed by atoms with Crippen LogP contribution in [0.5, 0.6) is 0 Å². The minimum absolute atomic E-state index is 0.139. The Morgan fingerprint density at radius 2 is 2.24 bits per heavy atom. The fourth-order valence-electron chi connectivity index (χ4n) is 2.12. The third-order valence-electron chi connectivity index (χ3n) is 3.27. The molecule has 0 spiro atoms. The maximum atomic E-state index is 9.40. The zero-order valence-electron chi connectivity index (χ0n) is 10.2. The van der Waals surface area contributed by atoms with Crippen LogP contribution in [0, 0.1) is 0 Å². The van der Waals surface area contributed by atoms with Crippen molar-refractivity contribution in [3.63, 3.8) is 0 Å². The molecule has 1 fully saturated rings. The number of nitrogens with one attached hydrogen (secondary N) is 1. The van der Waals surface area contributed by atoms with Gasteiger partial charge in [0.25, 0.3) is 0 Å². The lowest BCUT2D eigenvalue weighted by atomic mass is 9.77. The number of rotatable bonds is 5. The molecule has 0 atom stereocenters. The van der Waals surface area contributed by atoms with Crippen LogP contribution < -0.4 is 11.1 Å². The summed E-state index contributed by atoms with van der Waals surface area (Å²) in [6, 6.07) is 1.73. The molecule has 0 unspecified atom stereocenters. The van der Waals surface area contributed by atoms with Gasteiger partial charge >= 0.3 is 0 Å². The highest BCUT2D eigenvalue weighted by atomic mass is 16.3. The van der Waals surface area contributed by atoms with E-state index in [4.69, 9.17) is 5.73 Å². The standard InChI is InChI=1S/C12H20N4O/c1-2-4-10-14-9(13)7-11(15-10)16-12(8-17)5-3-6-12/h7,17H,2-6,8H2,1H3,(H3,13,14,15,16). The number of anilines is 2. The smallest absolute Gasteiger partial charge is 0.133 e. The van der Waals surface area contributed by atoms with Crippen LogP contribution in [-0.4, -0.2) is 27.2 Å². The summed E-state index contributed by atoms with van der Waals surface area (Å²) in [5.41, 5.74) is 5.57. The van der Waals surface area contributed by atoms with E-state index in [1.807, 2.05) is 0 Å². The van der Waals surface area contributed by atoms with Crippen LogP contribution in [0.15, 0.2) is 6.07 Å². The number of nitrogen functional groups attached to an aromatic ring is 1. The molecule has 1 saturated carbocycles. The van der Waals surface area contributed by atoms with E-state index in [1.54, 1.807) is 6.07 Å². The van der Waals surface area contributed by atoms with Gasteiger partial charge in [-0.1, -0.05) is 6.92 Å². The molecule has 0 saturated heterocycles. The Morgan fingerprint density at radius 1 is 1.47 bits per heavy atom. The Kier molecular flexibility index (Phi) is 3.47. The Bertz CT molecular complexity index is 385. The van der Waals surface area contributed by atoms with Crippen LogP contribution in [0.25, 0.3) is 0 Å². The van der Waals surface area contributed by atoms with Crippen molar-refractivity contribution in [3.8, 4) is 0 Å². The summed E-state index contributed by atoms with van der Waals surface area (Å²) in [5, 5.41) is 12.7. The summed E-state index contributed by atoms with van der Waals surface area (Å²) in [6.07, 6.45) is 4.93. The van der Waals surface area contributed by atoms with Gasteiger partial charge in [0.15, 0.2) is 0 Å². The highest BCUT2D eigenvalue weighted by Crippen LogP contribution is 2.34. The summed E-state index contributed by atoms with van der Waals surface area (Å²) < 4.78 is 0. The van der Waals surface area contributed by atoms with Gasteiger partial charge < -0.3 is 16.2 Å². The van der Waals surface area contributed by atoms with Gasteiger partial charge in [0, 0.05) is 12.5 Å². The number of nitrogens with two attached hydrogens (primary N) is 1. The molecule has 0 radical (unpaired) electrons. The van der Waals surface area contributed by atoms with Crippen molar-refractivity contribution in [1.29, 1.82) is 0 Å². The third-order valence-corrected chi connectivity index (χ3v) is 3.27. The fourth-order valence-corrected chi connectivity index (χ4v) is 2.12. The van der Waals surface area contributed by atoms with Crippen LogP contribution in [0.2, 0.25) is 0 Å². The van der Waals surface area contributed by atoms with E-state index in [0.717, 1.165) is 43.7 Å². The molecular formula is C12H20N4O. The zero-order chi connectivity index (χ0) is 12.3. The average Bonchev–Trinajstić information content (AvgIpc) is 2.23. The number of aromatic nitrogens is 2. The first kappa shape index (κ1) is 12.1. The number of hydrogen-bond donors (Lipinski definition) is 3. The van der Waals surface area contributed by atoms with Crippen LogP contribution in [0.1, 0.15) is 38.4 Å². The van der Waals surface area contributed by atoms with E-state index in [2.05, 4.69) is 22.2 Å². The topological polar surface area (TPSA) is 84.1 Å². The lowest BCUT2D eigenvalue weighted by Crippen LogP contribution is -2.48. The second-order valence-corrected chi connectivity index (χ2v) is 4.76. The van der Waals surface area contributed by atoms with E-state index in [9.17, 15) is 5.11 Å². The molecule has 2 rings (SSSR count). The van der Waals surface area contributed by atoms with Gasteiger partial charge in [-0.15, -0.1) is 0 Å². The molecule has 4 N–H and O–H groups in total. The van der Waals surface area contributed by atoms with Gasteiger partial charge in [-0.3, -0.25) is 0 Å². The van der Waals surface area contributed by atoms with Crippen molar-refractivity contribution in [2.45, 2.75) is 44.6 Å². The Hall–Kier alpha value is -1.36. The molecule has 1 aromatic rings. The molecule has 0 amide bonds. The van der Waals surface area contributed by atoms with Crippen LogP contribution in [-0.2, 0) is 6.42 Å². The minimum atomic E-state index is -0.190. The molecule has 1 aromatic heterocycles. The Labute approximate surface area is 101 Å². The highest BCUT2D eigenvalue weighted by molar-refractivity contribution is 5.47. The van der Waals surface area contributed by atoms with E-state index in [0.29, 0.717) is 5.82 Å². The van der Waals surface area contributed by atoms with Crippen molar-refractivity contribution in [1.82, 2.24) is 9.97 Å². The van der Waals surface area contributed by atoms with E-state index in [1.165, 1.54) is 0 Å². The summed E-state index contributed by atoms with van der Waals surface area (Å²) in [4.78, 5) is 8.61. The van der Waals surface area contributed by atoms with Crippen LogP contribution in [0.4, 0.5) is 11.6 Å². The Morgan fingerprint density at radius 3 is 2.76 bits per heavy atom. The van der Waals surface area contributed by atoms with Gasteiger partial charge in [-0.2, -0.15) is 0 Å². The largest absolute Gasteiger partial charge is 0.394 e. The summed E-state index contributed by atoms with van der Waals surface area (Å²) in [6.45, 7) is 2.22. The quantitative estimate of drug-likeness (QED) is 0.718. The van der Waals surface area contributed by atoms with Crippen molar-refractivity contribution in [3.05, 3.63) is 11.9 Å². The summed E-state index contributed by atoms with van der Waals surface area (Å²) >= 11 is 0. The number of hydrogen-bond acceptors (Lipinski definition) is 5. The number of aryl methyl sites for hydroxylation is 1. The molecular weight excluding hydrogens is 216 g/mol. The molecule has 94 valence electrons. The maximum Gasteiger partial charge on any atom is 0.133 e. The van der Waals surface area contributed by atoms with Crippen molar-refractivity contribution in [2.24, 2.45) is 0 Å². The summed E-state index contributed by atoms with van der Waals surface area (Å²) in [5.74, 6) is 1.98. The second kappa shape index (κ2) is 4.87. The van der Waals surface area contributed by atoms with Gasteiger partial charge in [0.05, 0.1) is 12.1 Å². The van der Waals surface area contributed by atoms with Crippen molar-refractivity contribution >= 4 is 11.6 Å². The molecule has 1 aliphatic rings. The van der Waals surface area contributed by atoms with Gasteiger partial charge in [-0.25, -0.2) is 9.97 Å². The molecule has 5 heteroatoms. The maximum absolute atomic E-state index is 9.40. The molecule has 1 heterocycles. The van der Waals surface area contributed by atoms with Gasteiger partial charge in [0.1, 0.15) is 17.5 Å². The molecule has 0 aliphatic heterocycles. The van der Waals surface area contributed by atoms with Crippen molar-refractivity contribution in [2.75, 3.05) is 17.7 Å². The molecule has 5 nitrogen and oxygen atoms in total. The molecule has 17 heavy (non-hydrogen) atoms. The van der Waals surface area contributed by atoms with E-state index >= 15 is 0 Å². The first-order valence-electron chi connectivity index (χ1n) is 6.20. The lowest BCUT2D eigenvalue weighted by molar-refractivity contribution is 0.144. The van der Waals surface area contributed by atoms with Crippen LogP contribution >= 0.6 is 0 Å². The minimum Gasteiger partial charge on any atom is -0.394 e. The molecule has 0 bridgehead atoms. The first-order valence-corrected chi connectivity index (χ1v) is 6.20. The third kappa shape index (κ3) is 2.66. The number of aliphatic hydroxyl groups excluding tert-OH is 1. The monoisotopic (exact) mass is 236 g/mol. The average molecular weight is 236 g/mol. The van der Waals surface area contributed by atoms with E-state index in [-0.39, 0.29) is 12.1 Å². The number of aliphatic hydroxyl groups is 1. The second-order valence-electron chi connectivity index (χ2n) is 4.76. The highest BCUT2D eigenvalue weighted by Gasteiger charge is 2.36. The predicted molar refractivity (Wildman–Crippen MR) is 67.7 cm³/mol. The predicted octanol–water partition coefficient (Wildman–Crippen LogP) is 1.34.